The molecule has 0 bridgehead atoms. The van der Waals surface area contributed by atoms with Gasteiger partial charge >= 0.3 is 0 Å². The Hall–Kier alpha value is -3.68. The minimum atomic E-state index is 1.01. The highest BCUT2D eigenvalue weighted by atomic mass is 15.4. The topological polar surface area (TPSA) is 22.8 Å². The molecule has 0 spiro atoms. The summed E-state index contributed by atoms with van der Waals surface area (Å²) >= 11 is 0. The Morgan fingerprint density at radius 2 is 0.596 bits per heavy atom. The molecule has 0 aliphatic rings. The Kier molecular flexibility index (Phi) is 17.3. The number of fused-ring (bicyclic) bond motifs is 6. The van der Waals surface area contributed by atoms with Gasteiger partial charge in [-0.25, -0.2) is 0 Å². The van der Waals surface area contributed by atoms with Crippen LogP contribution in [0, 0.1) is 0 Å². The Morgan fingerprint density at radius 1 is 0.383 bits per heavy atom. The maximum Gasteiger partial charge on any atom is 0.0523 e. The molecule has 0 aliphatic heterocycles. The summed E-state index contributed by atoms with van der Waals surface area (Å²) in [6.07, 6.45) is 0. The van der Waals surface area contributed by atoms with E-state index in [-0.39, 0.29) is 0 Å². The zero-order chi connectivity index (χ0) is 34.9. The molecule has 0 saturated carbocycles. The second-order valence-corrected chi connectivity index (χ2v) is 11.7. The molecule has 0 amide bonds. The van der Waals surface area contributed by atoms with Crippen molar-refractivity contribution in [2.75, 3.05) is 61.3 Å². The first kappa shape index (κ1) is 39.5. The van der Waals surface area contributed by atoms with Gasteiger partial charge in [-0.2, -0.15) is 0 Å². The lowest BCUT2D eigenvalue weighted by Crippen LogP contribution is -2.42. The van der Waals surface area contributed by atoms with Crippen LogP contribution in [0.15, 0.2) is 97.1 Å². The van der Waals surface area contributed by atoms with E-state index in [2.05, 4.69) is 182 Å². The van der Waals surface area contributed by atoms with E-state index in [1.54, 1.807) is 0 Å². The Balaban J connectivity index is 0.000000232. The van der Waals surface area contributed by atoms with E-state index in [1.807, 2.05) is 27.7 Å². The van der Waals surface area contributed by atoms with Crippen LogP contribution in [-0.4, -0.2) is 90.0 Å². The zero-order valence-corrected chi connectivity index (χ0v) is 31.5. The van der Waals surface area contributed by atoms with Crippen LogP contribution >= 0.6 is 0 Å². The average molecular weight is 639 g/mol. The van der Waals surface area contributed by atoms with E-state index in [0.717, 1.165) is 33.1 Å². The van der Waals surface area contributed by atoms with Gasteiger partial charge in [0, 0.05) is 57.7 Å². The Morgan fingerprint density at radius 3 is 0.830 bits per heavy atom. The standard InChI is InChI=1S/2C13H11N.C11H28N4.2C2H6/c2*1-14-12-8-4-2-6-10(12)11-7-3-5-9-13(11)14;1-7-12(3)9-14(5)11-15(6)10-13(4)8-2;2*1-2/h2*2-9H,1H3;7-11H2,1-6H3;2*1-2H3. The molecule has 2 aromatic heterocycles. The van der Waals surface area contributed by atoms with Gasteiger partial charge in [0.15, 0.2) is 0 Å². The fourth-order valence-electron chi connectivity index (χ4n) is 5.76. The van der Waals surface area contributed by atoms with Gasteiger partial charge in [0.25, 0.3) is 0 Å². The van der Waals surface area contributed by atoms with E-state index in [4.69, 9.17) is 0 Å². The van der Waals surface area contributed by atoms with Crippen molar-refractivity contribution in [2.24, 2.45) is 14.1 Å². The smallest absolute Gasteiger partial charge is 0.0523 e. The quantitative estimate of drug-likeness (QED) is 0.155. The summed E-state index contributed by atoms with van der Waals surface area (Å²) in [5, 5.41) is 5.35. The normalized spacial score (nSPS) is 10.9. The molecule has 0 N–H and O–H groups in total. The molecule has 0 atom stereocenters. The molecule has 0 radical (unpaired) electrons. The summed E-state index contributed by atoms with van der Waals surface area (Å²) in [6.45, 7) is 17.6. The van der Waals surface area contributed by atoms with Crippen LogP contribution in [-0.2, 0) is 14.1 Å². The third kappa shape index (κ3) is 10.7. The number of hydrogen-bond donors (Lipinski definition) is 0. The maximum atomic E-state index is 2.33. The largest absolute Gasteiger partial charge is 0.344 e. The van der Waals surface area contributed by atoms with Crippen molar-refractivity contribution in [3.63, 3.8) is 0 Å². The summed E-state index contributed by atoms with van der Waals surface area (Å²) in [4.78, 5) is 9.26. The minimum absolute atomic E-state index is 1.01. The Labute approximate surface area is 285 Å². The monoisotopic (exact) mass is 639 g/mol. The van der Waals surface area contributed by atoms with Gasteiger partial charge in [-0.15, -0.1) is 0 Å². The van der Waals surface area contributed by atoms with Gasteiger partial charge in [0.1, 0.15) is 0 Å². The van der Waals surface area contributed by atoms with E-state index in [1.165, 1.54) is 43.6 Å². The number of nitrogens with zero attached hydrogens (tertiary/aromatic N) is 6. The number of rotatable bonds is 8. The average Bonchev–Trinajstić information content (AvgIpc) is 3.57. The third-order valence-corrected chi connectivity index (χ3v) is 8.17. The van der Waals surface area contributed by atoms with Crippen LogP contribution in [0.25, 0.3) is 43.6 Å². The van der Waals surface area contributed by atoms with Crippen molar-refractivity contribution in [3.05, 3.63) is 97.1 Å². The van der Waals surface area contributed by atoms with E-state index < -0.39 is 0 Å². The molecule has 6 aromatic rings. The lowest BCUT2D eigenvalue weighted by atomic mass is 10.2. The third-order valence-electron chi connectivity index (χ3n) is 8.17. The van der Waals surface area contributed by atoms with Gasteiger partial charge in [-0.3, -0.25) is 19.6 Å². The number of hydrogen-bond acceptors (Lipinski definition) is 4. The fourth-order valence-corrected chi connectivity index (χ4v) is 5.76. The zero-order valence-electron chi connectivity index (χ0n) is 31.5. The predicted octanol–water partition coefficient (Wildman–Crippen LogP) is 9.34. The molecule has 2 heterocycles. The van der Waals surface area contributed by atoms with E-state index in [0.29, 0.717) is 0 Å². The fraction of sp³-hybridized carbons (Fsp3) is 0.415. The first-order chi connectivity index (χ1) is 22.7. The maximum absolute atomic E-state index is 2.33. The van der Waals surface area contributed by atoms with Gasteiger partial charge in [-0.05, 0) is 65.5 Å². The summed E-state index contributed by atoms with van der Waals surface area (Å²) in [5.41, 5.74) is 5.20. The van der Waals surface area contributed by atoms with Gasteiger partial charge in [0.05, 0.1) is 20.0 Å². The molecule has 0 aliphatic carbocycles. The van der Waals surface area contributed by atoms with Crippen LogP contribution in [0.4, 0.5) is 0 Å². The van der Waals surface area contributed by atoms with Crippen LogP contribution < -0.4 is 0 Å². The Bertz CT molecular complexity index is 1500. The van der Waals surface area contributed by atoms with Crippen molar-refractivity contribution >= 4 is 43.6 Å². The second-order valence-electron chi connectivity index (χ2n) is 11.7. The summed E-state index contributed by atoms with van der Waals surface area (Å²) < 4.78 is 4.48. The van der Waals surface area contributed by atoms with Crippen LogP contribution in [0.5, 0.6) is 0 Å². The molecule has 256 valence electrons. The lowest BCUT2D eigenvalue weighted by molar-refractivity contribution is 0.0879. The predicted molar refractivity (Wildman–Crippen MR) is 210 cm³/mol. The van der Waals surface area contributed by atoms with Gasteiger partial charge in [-0.1, -0.05) is 114 Å². The van der Waals surface area contributed by atoms with Crippen LogP contribution in [0.1, 0.15) is 41.5 Å². The molecular formula is C41H62N6. The minimum Gasteiger partial charge on any atom is -0.344 e. The van der Waals surface area contributed by atoms with Crippen LogP contribution in [0.3, 0.4) is 0 Å². The summed E-state index contributed by atoms with van der Waals surface area (Å²) in [7, 11) is 12.8. The number of para-hydroxylation sites is 4. The van der Waals surface area contributed by atoms with Crippen molar-refractivity contribution in [3.8, 4) is 0 Å². The van der Waals surface area contributed by atoms with Crippen molar-refractivity contribution in [1.82, 2.24) is 28.7 Å². The number of aromatic nitrogens is 2. The van der Waals surface area contributed by atoms with E-state index in [9.17, 15) is 0 Å². The molecule has 4 aromatic carbocycles. The molecule has 6 nitrogen and oxygen atoms in total. The van der Waals surface area contributed by atoms with Crippen molar-refractivity contribution < 1.29 is 0 Å². The van der Waals surface area contributed by atoms with Gasteiger partial charge < -0.3 is 9.13 Å². The van der Waals surface area contributed by atoms with Crippen LogP contribution in [0.2, 0.25) is 0 Å². The highest BCUT2D eigenvalue weighted by Crippen LogP contribution is 2.28. The highest BCUT2D eigenvalue weighted by molar-refractivity contribution is 6.08. The SMILES string of the molecule is CC.CC.CCN(C)CN(C)CN(C)CN(C)CC.Cn1c2ccccc2c2ccccc21.Cn1c2ccccc2c2ccccc21. The molecular weight excluding hydrogens is 576 g/mol. The summed E-state index contributed by atoms with van der Waals surface area (Å²) in [5.74, 6) is 0. The van der Waals surface area contributed by atoms with Gasteiger partial charge in [0.2, 0.25) is 0 Å². The number of benzene rings is 4. The second kappa shape index (κ2) is 20.5. The molecule has 6 heteroatoms. The lowest BCUT2D eigenvalue weighted by Gasteiger charge is -2.30. The highest BCUT2D eigenvalue weighted by Gasteiger charge is 2.07. The van der Waals surface area contributed by atoms with Crippen molar-refractivity contribution in [2.45, 2.75) is 41.5 Å². The molecule has 0 unspecified atom stereocenters. The molecule has 47 heavy (non-hydrogen) atoms. The summed E-state index contributed by atoms with van der Waals surface area (Å²) in [6, 6.07) is 34.1. The molecule has 0 fully saturated rings. The van der Waals surface area contributed by atoms with Crippen molar-refractivity contribution in [1.29, 1.82) is 0 Å². The first-order valence-electron chi connectivity index (χ1n) is 17.3. The molecule has 6 rings (SSSR count). The number of aryl methyl sites for hydroxylation is 2. The first-order valence-corrected chi connectivity index (χ1v) is 17.3. The molecule has 0 saturated heterocycles. The van der Waals surface area contributed by atoms with E-state index >= 15 is 0 Å².